The van der Waals surface area contributed by atoms with Gasteiger partial charge in [0, 0.05) is 62.0 Å². The Labute approximate surface area is 253 Å². The maximum atomic E-state index is 13.5. The lowest BCUT2D eigenvalue weighted by Gasteiger charge is -2.38. The first-order chi connectivity index (χ1) is 20.2. The van der Waals surface area contributed by atoms with Crippen LogP contribution in [0.1, 0.15) is 77.7 Å². The fourth-order valence-corrected chi connectivity index (χ4v) is 8.07. The molecule has 0 aliphatic carbocycles. The third-order valence-corrected chi connectivity index (χ3v) is 10.9. The fraction of sp³-hybridized carbons (Fsp3) is 0.483. The zero-order valence-corrected chi connectivity index (χ0v) is 25.5. The standard InChI is InChI=1S/C29H32ClF3N6O3S/c1-17-11-25-22(15-37(17)28(40)20-5-7-24(30)23(12-20)29(31,32)33)26-16-36(14-18(2)39(26)35-25)19(3)21-6-8-27(34-13-21)38-9-4-10-43(38,41)42/h5-8,12-13,17-19H,4,9-11,14-16H2,1-3H3/t17-,18-,19-/m1/s1. The number of nitrogens with zero attached hydrogens (tertiary/aromatic N) is 6. The zero-order valence-electron chi connectivity index (χ0n) is 24.0. The number of hydrogen-bond donors (Lipinski definition) is 0. The quantitative estimate of drug-likeness (QED) is 0.390. The van der Waals surface area contributed by atoms with Crippen LogP contribution in [0.15, 0.2) is 36.5 Å². The molecule has 0 bridgehead atoms. The Hall–Kier alpha value is -3.16. The molecule has 1 amide bonds. The Morgan fingerprint density at radius 1 is 1.12 bits per heavy atom. The average Bonchev–Trinajstić information content (AvgIpc) is 3.50. The van der Waals surface area contributed by atoms with Gasteiger partial charge >= 0.3 is 6.18 Å². The van der Waals surface area contributed by atoms with Gasteiger partial charge < -0.3 is 4.90 Å². The highest BCUT2D eigenvalue weighted by molar-refractivity contribution is 7.93. The van der Waals surface area contributed by atoms with Crippen molar-refractivity contribution in [1.29, 1.82) is 0 Å². The molecule has 1 aromatic carbocycles. The number of rotatable bonds is 4. The van der Waals surface area contributed by atoms with E-state index in [0.29, 0.717) is 31.7 Å². The molecule has 3 aliphatic rings. The van der Waals surface area contributed by atoms with Gasteiger partial charge in [-0.15, -0.1) is 0 Å². The van der Waals surface area contributed by atoms with Crippen LogP contribution in [0.25, 0.3) is 0 Å². The van der Waals surface area contributed by atoms with Gasteiger partial charge in [0.1, 0.15) is 5.82 Å². The van der Waals surface area contributed by atoms with Crippen LogP contribution in [-0.2, 0) is 35.7 Å². The first-order valence-electron chi connectivity index (χ1n) is 14.2. The van der Waals surface area contributed by atoms with Gasteiger partial charge in [-0.1, -0.05) is 17.7 Å². The van der Waals surface area contributed by atoms with Crippen LogP contribution in [0.2, 0.25) is 5.02 Å². The van der Waals surface area contributed by atoms with Crippen LogP contribution in [0.3, 0.4) is 0 Å². The van der Waals surface area contributed by atoms with E-state index >= 15 is 0 Å². The van der Waals surface area contributed by atoms with Crippen molar-refractivity contribution >= 4 is 33.3 Å². The first kappa shape index (κ1) is 29.9. The molecule has 43 heavy (non-hydrogen) atoms. The molecule has 6 rings (SSSR count). The largest absolute Gasteiger partial charge is 0.417 e. The Morgan fingerprint density at radius 3 is 2.53 bits per heavy atom. The minimum Gasteiger partial charge on any atom is -0.331 e. The Bertz CT molecular complexity index is 1680. The second-order valence-corrected chi connectivity index (χ2v) is 14.1. The normalized spacial score (nSPS) is 22.8. The van der Waals surface area contributed by atoms with Crippen molar-refractivity contribution < 1.29 is 26.4 Å². The predicted molar refractivity (Wildman–Crippen MR) is 155 cm³/mol. The highest BCUT2D eigenvalue weighted by Gasteiger charge is 2.38. The highest BCUT2D eigenvalue weighted by Crippen LogP contribution is 2.38. The summed E-state index contributed by atoms with van der Waals surface area (Å²) in [7, 11) is -3.31. The predicted octanol–water partition coefficient (Wildman–Crippen LogP) is 5.22. The number of benzene rings is 1. The molecule has 3 aliphatic heterocycles. The Balaban J connectivity index is 1.23. The lowest BCUT2D eigenvalue weighted by atomic mass is 9.96. The summed E-state index contributed by atoms with van der Waals surface area (Å²) >= 11 is 5.79. The van der Waals surface area contributed by atoms with Gasteiger partial charge in [0.15, 0.2) is 0 Å². The second kappa shape index (κ2) is 10.8. The maximum Gasteiger partial charge on any atom is 0.417 e. The van der Waals surface area contributed by atoms with Crippen LogP contribution in [-0.4, -0.2) is 63.8 Å². The zero-order chi connectivity index (χ0) is 30.8. The molecule has 0 saturated carbocycles. The van der Waals surface area contributed by atoms with Gasteiger partial charge in [-0.25, -0.2) is 13.4 Å². The summed E-state index contributed by atoms with van der Waals surface area (Å²) in [5, 5.41) is 4.45. The van der Waals surface area contributed by atoms with E-state index in [1.54, 1.807) is 17.2 Å². The number of hydrogen-bond acceptors (Lipinski definition) is 6. The molecule has 0 radical (unpaired) electrons. The molecule has 1 fully saturated rings. The molecule has 9 nitrogen and oxygen atoms in total. The van der Waals surface area contributed by atoms with Crippen molar-refractivity contribution in [2.45, 2.75) is 71.0 Å². The number of pyridine rings is 1. The van der Waals surface area contributed by atoms with Crippen molar-refractivity contribution in [2.75, 3.05) is 23.1 Å². The maximum absolute atomic E-state index is 13.5. The monoisotopic (exact) mass is 636 g/mol. The fourth-order valence-electron chi connectivity index (χ4n) is 6.33. The van der Waals surface area contributed by atoms with Gasteiger partial charge in [-0.3, -0.25) is 18.7 Å². The van der Waals surface area contributed by atoms with E-state index in [9.17, 15) is 26.4 Å². The third-order valence-electron chi connectivity index (χ3n) is 8.76. The number of carbonyl (C=O) groups excluding carboxylic acids is 1. The molecule has 1 saturated heterocycles. The van der Waals surface area contributed by atoms with Crippen molar-refractivity contribution in [2.24, 2.45) is 0 Å². The molecule has 5 heterocycles. The summed E-state index contributed by atoms with van der Waals surface area (Å²) in [6.45, 7) is 7.99. The van der Waals surface area contributed by atoms with E-state index in [-0.39, 0.29) is 36.0 Å². The molecule has 230 valence electrons. The Morgan fingerprint density at radius 2 is 1.88 bits per heavy atom. The molecule has 0 unspecified atom stereocenters. The van der Waals surface area contributed by atoms with E-state index in [2.05, 4.69) is 23.7 Å². The number of amides is 1. The Kier molecular flexibility index (Phi) is 7.49. The van der Waals surface area contributed by atoms with E-state index < -0.39 is 32.7 Å². The van der Waals surface area contributed by atoms with Crippen LogP contribution in [0, 0.1) is 0 Å². The number of anilines is 1. The number of sulfonamides is 1. The minimum atomic E-state index is -4.67. The summed E-state index contributed by atoms with van der Waals surface area (Å²) in [4.78, 5) is 21.9. The summed E-state index contributed by atoms with van der Waals surface area (Å²) < 4.78 is 68.4. The summed E-state index contributed by atoms with van der Waals surface area (Å²) in [5.41, 5.74) is 2.66. The number of fused-ring (bicyclic) bond motifs is 3. The highest BCUT2D eigenvalue weighted by atomic mass is 35.5. The van der Waals surface area contributed by atoms with Gasteiger partial charge in [-0.05, 0) is 57.0 Å². The van der Waals surface area contributed by atoms with Crippen molar-refractivity contribution in [3.8, 4) is 0 Å². The van der Waals surface area contributed by atoms with Gasteiger partial charge in [0.05, 0.1) is 33.8 Å². The van der Waals surface area contributed by atoms with Crippen LogP contribution < -0.4 is 4.31 Å². The van der Waals surface area contributed by atoms with E-state index in [0.717, 1.165) is 41.2 Å². The average molecular weight is 637 g/mol. The molecule has 3 aromatic rings. The molecule has 2 aromatic heterocycles. The van der Waals surface area contributed by atoms with E-state index in [4.69, 9.17) is 16.7 Å². The molecule has 0 spiro atoms. The number of aromatic nitrogens is 3. The van der Waals surface area contributed by atoms with E-state index in [1.165, 1.54) is 10.4 Å². The molecular formula is C29H32ClF3N6O3S. The number of halogens is 4. The molecule has 0 N–H and O–H groups in total. The summed E-state index contributed by atoms with van der Waals surface area (Å²) in [6.07, 6.45) is -1.86. The lowest BCUT2D eigenvalue weighted by molar-refractivity contribution is -0.137. The molecule has 14 heteroatoms. The third kappa shape index (κ3) is 5.40. The van der Waals surface area contributed by atoms with Gasteiger partial charge in [0.2, 0.25) is 10.0 Å². The molecular weight excluding hydrogens is 605 g/mol. The smallest absolute Gasteiger partial charge is 0.331 e. The number of carbonyl (C=O) groups is 1. The van der Waals surface area contributed by atoms with Crippen molar-refractivity contribution in [1.82, 2.24) is 24.6 Å². The SMILES string of the molecule is C[C@H](c1ccc(N2CCCS2(=O)=O)nc1)N1Cc2c3c(nn2[C@H](C)C1)C[C@@H](C)N(C(=O)c1ccc(Cl)c(C(F)(F)F)c1)C3. The van der Waals surface area contributed by atoms with Crippen LogP contribution in [0.4, 0.5) is 19.0 Å². The second-order valence-electron chi connectivity index (χ2n) is 11.6. The van der Waals surface area contributed by atoms with Crippen LogP contribution in [0.5, 0.6) is 0 Å². The topological polar surface area (TPSA) is 91.6 Å². The minimum absolute atomic E-state index is 0.0337. The first-order valence-corrected chi connectivity index (χ1v) is 16.2. The van der Waals surface area contributed by atoms with Gasteiger partial charge in [-0.2, -0.15) is 18.3 Å². The van der Waals surface area contributed by atoms with Crippen molar-refractivity contribution in [3.63, 3.8) is 0 Å². The lowest BCUT2D eigenvalue weighted by Crippen LogP contribution is -2.43. The van der Waals surface area contributed by atoms with Gasteiger partial charge in [0.25, 0.3) is 5.91 Å². The van der Waals surface area contributed by atoms with Crippen molar-refractivity contribution in [3.05, 3.63) is 75.2 Å². The van der Waals surface area contributed by atoms with E-state index in [1.807, 2.05) is 17.7 Å². The number of alkyl halides is 3. The van der Waals surface area contributed by atoms with Crippen LogP contribution >= 0.6 is 11.6 Å². The molecule has 3 atom stereocenters. The summed E-state index contributed by atoms with van der Waals surface area (Å²) in [6, 6.07) is 6.69. The summed E-state index contributed by atoms with van der Waals surface area (Å²) in [5.74, 6) is 0.0714.